The summed E-state index contributed by atoms with van der Waals surface area (Å²) in [7, 11) is 0. The third kappa shape index (κ3) is 3.05. The molecule has 8 heteroatoms. The number of allylic oxidation sites excluding steroid dienone is 4. The van der Waals surface area contributed by atoms with E-state index in [-0.39, 0.29) is 43.2 Å². The lowest BCUT2D eigenvalue weighted by molar-refractivity contribution is -0.191. The second-order valence-electron chi connectivity index (χ2n) is 10.2. The molecule has 3 N–H and O–H groups in total. The van der Waals surface area contributed by atoms with E-state index in [1.807, 2.05) is 13.8 Å². The molecule has 3 fully saturated rings. The molecule has 0 aliphatic heterocycles. The number of fused-ring (bicyclic) bond motifs is 5. The third-order valence-electron chi connectivity index (χ3n) is 8.97. The minimum absolute atomic E-state index is 0.000734. The number of carbonyl (C=O) groups is 1. The summed E-state index contributed by atoms with van der Waals surface area (Å²) in [5.74, 6) is -0.925. The number of oxime groups is 2. The third-order valence-corrected chi connectivity index (χ3v) is 8.97. The van der Waals surface area contributed by atoms with E-state index in [0.29, 0.717) is 30.7 Å². The lowest BCUT2D eigenvalue weighted by Gasteiger charge is -2.62. The van der Waals surface area contributed by atoms with Crippen LogP contribution in [0, 0.1) is 28.6 Å². The Kier molecular flexibility index (Phi) is 5.72. The van der Waals surface area contributed by atoms with Gasteiger partial charge < -0.3 is 20.3 Å². The highest BCUT2D eigenvalue weighted by molar-refractivity contribution is 6.05. The molecule has 0 heterocycles. The number of esters is 1. The number of alkyl halides is 1. The minimum atomic E-state index is -1.85. The van der Waals surface area contributed by atoms with Gasteiger partial charge in [0.2, 0.25) is 0 Å². The Bertz CT molecular complexity index is 914. The van der Waals surface area contributed by atoms with Crippen LogP contribution in [0.1, 0.15) is 59.3 Å². The molecule has 0 aromatic carbocycles. The fourth-order valence-corrected chi connectivity index (χ4v) is 7.28. The van der Waals surface area contributed by atoms with Crippen molar-refractivity contribution in [1.29, 1.82) is 0 Å². The zero-order valence-corrected chi connectivity index (χ0v) is 18.9. The molecule has 0 radical (unpaired) electrons. The van der Waals surface area contributed by atoms with Crippen LogP contribution in [0.3, 0.4) is 0 Å². The van der Waals surface area contributed by atoms with Crippen molar-refractivity contribution < 1.29 is 29.4 Å². The number of halogens is 1. The summed E-state index contributed by atoms with van der Waals surface area (Å²) < 4.78 is 22.3. The van der Waals surface area contributed by atoms with Crippen molar-refractivity contribution in [1.82, 2.24) is 0 Å². The summed E-state index contributed by atoms with van der Waals surface area (Å²) in [5, 5.41) is 36.9. The van der Waals surface area contributed by atoms with Crippen molar-refractivity contribution in [2.45, 2.75) is 71.1 Å². The van der Waals surface area contributed by atoms with Crippen LogP contribution in [0.5, 0.6) is 0 Å². The quantitative estimate of drug-likeness (QED) is 0.260. The fourth-order valence-electron chi connectivity index (χ4n) is 7.28. The summed E-state index contributed by atoms with van der Waals surface area (Å²) in [6, 6.07) is 0. The van der Waals surface area contributed by atoms with Gasteiger partial charge in [0.1, 0.15) is 12.3 Å². The maximum atomic E-state index is 17.1. The molecule has 7 atom stereocenters. The Morgan fingerprint density at radius 3 is 2.66 bits per heavy atom. The predicted molar refractivity (Wildman–Crippen MR) is 117 cm³/mol. The molecule has 4 aliphatic carbocycles. The van der Waals surface area contributed by atoms with Crippen LogP contribution >= 0.6 is 0 Å². The van der Waals surface area contributed by atoms with Crippen molar-refractivity contribution in [3.05, 3.63) is 23.8 Å². The van der Waals surface area contributed by atoms with E-state index >= 15 is 4.39 Å². The largest absolute Gasteiger partial charge is 0.459 e. The van der Waals surface area contributed by atoms with Gasteiger partial charge in [-0.3, -0.25) is 4.79 Å². The first-order chi connectivity index (χ1) is 15.2. The standard InChI is InChI=1S/C24H33FN2O5/c1-4-21(29)32-13-19(27-31)18-8-7-16-17-6-5-14-11-15(26-30)9-10-23(14,3)24(17,25)20(28)12-22(16,18)2/h9-11,16-18,20,28,30-31H,4-8,12-13H2,1-3H3/b26-15?,27-19+/t16-,17-,18+,20-,22-,23-,24-/m0/s1. The van der Waals surface area contributed by atoms with Crippen molar-refractivity contribution in [3.8, 4) is 0 Å². The topological polar surface area (TPSA) is 112 Å². The SMILES string of the molecule is CCC(=O)OC/C(=N\O)[C@H]1CC[C@H]2[C@@H]3CCC4=CC(=NO)C=C[C@]4(C)[C@@]3(F)[C@@H](O)C[C@]12C. The summed E-state index contributed by atoms with van der Waals surface area (Å²) in [6.45, 7) is 5.49. The molecular formula is C24H33FN2O5. The Morgan fingerprint density at radius 1 is 1.25 bits per heavy atom. The van der Waals surface area contributed by atoms with E-state index in [1.54, 1.807) is 25.2 Å². The fraction of sp³-hybridized carbons (Fsp3) is 0.708. The maximum Gasteiger partial charge on any atom is 0.305 e. The van der Waals surface area contributed by atoms with Crippen molar-refractivity contribution in [2.75, 3.05) is 6.61 Å². The first kappa shape index (κ1) is 23.0. The molecule has 0 saturated heterocycles. The van der Waals surface area contributed by atoms with E-state index in [2.05, 4.69) is 10.3 Å². The van der Waals surface area contributed by atoms with Gasteiger partial charge in [-0.05, 0) is 62.5 Å². The van der Waals surface area contributed by atoms with Gasteiger partial charge in [0, 0.05) is 23.7 Å². The molecule has 3 saturated carbocycles. The minimum Gasteiger partial charge on any atom is -0.459 e. The van der Waals surface area contributed by atoms with E-state index in [1.165, 1.54) is 0 Å². The van der Waals surface area contributed by atoms with Crippen LogP contribution in [0.2, 0.25) is 0 Å². The molecule has 0 spiro atoms. The number of aliphatic hydroxyl groups is 1. The number of ether oxygens (including phenoxy) is 1. The lowest BCUT2D eigenvalue weighted by atomic mass is 9.45. The summed E-state index contributed by atoms with van der Waals surface area (Å²) in [5.41, 5.74) is -1.67. The average molecular weight is 449 g/mol. The molecule has 0 bridgehead atoms. The van der Waals surface area contributed by atoms with Gasteiger partial charge >= 0.3 is 5.97 Å². The number of aliphatic hydroxyl groups excluding tert-OH is 1. The summed E-state index contributed by atoms with van der Waals surface area (Å²) >= 11 is 0. The number of hydrogen-bond acceptors (Lipinski definition) is 7. The van der Waals surface area contributed by atoms with Gasteiger partial charge in [-0.1, -0.05) is 35.8 Å². The van der Waals surface area contributed by atoms with Crippen molar-refractivity contribution in [3.63, 3.8) is 0 Å². The molecule has 0 aromatic rings. The highest BCUT2D eigenvalue weighted by atomic mass is 19.1. The van der Waals surface area contributed by atoms with Gasteiger partial charge in [0.25, 0.3) is 0 Å². The summed E-state index contributed by atoms with van der Waals surface area (Å²) in [4.78, 5) is 11.6. The first-order valence-corrected chi connectivity index (χ1v) is 11.5. The van der Waals surface area contributed by atoms with Gasteiger partial charge in [0.15, 0.2) is 5.67 Å². The molecule has 32 heavy (non-hydrogen) atoms. The van der Waals surface area contributed by atoms with E-state index < -0.39 is 22.6 Å². The maximum absolute atomic E-state index is 17.1. The Hall–Kier alpha value is -2.22. The van der Waals surface area contributed by atoms with Crippen LogP contribution < -0.4 is 0 Å². The van der Waals surface area contributed by atoms with Gasteiger partial charge in [0.05, 0.1) is 11.8 Å². The summed E-state index contributed by atoms with van der Waals surface area (Å²) in [6.07, 6.45) is 7.05. The van der Waals surface area contributed by atoms with Gasteiger partial charge in [-0.15, -0.1) is 0 Å². The van der Waals surface area contributed by atoms with Crippen LogP contribution in [0.4, 0.5) is 4.39 Å². The molecule has 0 amide bonds. The van der Waals surface area contributed by atoms with E-state index in [0.717, 1.165) is 12.0 Å². The molecule has 7 nitrogen and oxygen atoms in total. The zero-order valence-electron chi connectivity index (χ0n) is 18.9. The molecule has 0 unspecified atom stereocenters. The van der Waals surface area contributed by atoms with Gasteiger partial charge in [-0.2, -0.15) is 0 Å². The normalized spacial score (nSPS) is 44.5. The Balaban J connectivity index is 1.66. The Morgan fingerprint density at radius 2 is 2.00 bits per heavy atom. The number of hydrogen-bond donors (Lipinski definition) is 3. The smallest absolute Gasteiger partial charge is 0.305 e. The van der Waals surface area contributed by atoms with Crippen LogP contribution in [-0.2, 0) is 9.53 Å². The average Bonchev–Trinajstić information content (AvgIpc) is 3.11. The van der Waals surface area contributed by atoms with Crippen LogP contribution in [-0.4, -0.2) is 51.3 Å². The Labute approximate surface area is 187 Å². The monoisotopic (exact) mass is 448 g/mol. The van der Waals surface area contributed by atoms with Gasteiger partial charge in [-0.25, -0.2) is 4.39 Å². The van der Waals surface area contributed by atoms with E-state index in [9.17, 15) is 15.1 Å². The van der Waals surface area contributed by atoms with Crippen LogP contribution in [0.25, 0.3) is 0 Å². The molecular weight excluding hydrogens is 415 g/mol. The van der Waals surface area contributed by atoms with E-state index in [4.69, 9.17) is 9.94 Å². The molecule has 4 rings (SSSR count). The molecule has 4 aliphatic rings. The van der Waals surface area contributed by atoms with Crippen molar-refractivity contribution >= 4 is 17.4 Å². The number of carbonyl (C=O) groups excluding carboxylic acids is 1. The lowest BCUT2D eigenvalue weighted by Crippen LogP contribution is -2.66. The predicted octanol–water partition coefficient (Wildman–Crippen LogP) is 4.02. The number of rotatable bonds is 4. The first-order valence-electron chi connectivity index (χ1n) is 11.5. The second-order valence-corrected chi connectivity index (χ2v) is 10.2. The molecule has 176 valence electrons. The highest BCUT2D eigenvalue weighted by Gasteiger charge is 2.70. The zero-order chi connectivity index (χ0) is 23.3. The molecule has 0 aromatic heterocycles. The second kappa shape index (κ2) is 7.97. The van der Waals surface area contributed by atoms with Crippen LogP contribution in [0.15, 0.2) is 34.1 Å². The number of nitrogens with zero attached hydrogens (tertiary/aromatic N) is 2. The van der Waals surface area contributed by atoms with Crippen molar-refractivity contribution in [2.24, 2.45) is 38.9 Å². The highest BCUT2D eigenvalue weighted by Crippen LogP contribution is 2.69.